The van der Waals surface area contributed by atoms with Gasteiger partial charge in [0.05, 0.1) is 5.92 Å². The number of rotatable bonds is 3. The van der Waals surface area contributed by atoms with Gasteiger partial charge in [0.15, 0.2) is 0 Å². The zero-order valence-corrected chi connectivity index (χ0v) is 12.2. The molecule has 1 aromatic carbocycles. The van der Waals surface area contributed by atoms with Crippen LogP contribution in [0.25, 0.3) is 5.69 Å². The van der Waals surface area contributed by atoms with Gasteiger partial charge in [0.2, 0.25) is 0 Å². The van der Waals surface area contributed by atoms with Gasteiger partial charge in [-0.3, -0.25) is 9.59 Å². The van der Waals surface area contributed by atoms with Crippen LogP contribution in [0.4, 0.5) is 0 Å². The summed E-state index contributed by atoms with van der Waals surface area (Å²) in [5.74, 6) is -1.36. The molecule has 0 spiro atoms. The average molecular weight is 298 g/mol. The van der Waals surface area contributed by atoms with Crippen molar-refractivity contribution >= 4 is 11.9 Å². The number of aliphatic carboxylic acids is 1. The minimum absolute atomic E-state index is 0.0926. The Balaban J connectivity index is 1.73. The fraction of sp³-hybridized carbons (Fsp3) is 0.294. The summed E-state index contributed by atoms with van der Waals surface area (Å²) >= 11 is 0. The molecule has 0 bridgehead atoms. The minimum Gasteiger partial charge on any atom is -0.481 e. The number of carboxylic acid groups (broad SMARTS) is 1. The van der Waals surface area contributed by atoms with E-state index in [0.717, 1.165) is 12.1 Å². The van der Waals surface area contributed by atoms with E-state index in [-0.39, 0.29) is 5.91 Å². The number of likely N-dealkylation sites (tertiary alicyclic amines) is 1. The second kappa shape index (κ2) is 6.05. The Morgan fingerprint density at radius 2 is 1.77 bits per heavy atom. The van der Waals surface area contributed by atoms with Gasteiger partial charge in [-0.15, -0.1) is 0 Å². The summed E-state index contributed by atoms with van der Waals surface area (Å²) in [7, 11) is 0. The molecule has 1 amide bonds. The van der Waals surface area contributed by atoms with E-state index >= 15 is 0 Å². The van der Waals surface area contributed by atoms with Crippen molar-refractivity contribution in [3.63, 3.8) is 0 Å². The maximum Gasteiger partial charge on any atom is 0.308 e. The molecule has 0 unspecified atom stereocenters. The van der Waals surface area contributed by atoms with Crippen molar-refractivity contribution in [2.45, 2.75) is 12.8 Å². The predicted molar refractivity (Wildman–Crippen MR) is 82.0 cm³/mol. The number of hydrogen-bond acceptors (Lipinski definition) is 2. The topological polar surface area (TPSA) is 62.5 Å². The molecule has 1 aliphatic rings. The maximum atomic E-state index is 12.5. The van der Waals surface area contributed by atoms with Crippen LogP contribution in [0.2, 0.25) is 0 Å². The maximum absolute atomic E-state index is 12.5. The summed E-state index contributed by atoms with van der Waals surface area (Å²) in [5, 5.41) is 9.11. The Kier molecular flexibility index (Phi) is 3.96. The molecule has 22 heavy (non-hydrogen) atoms. The molecule has 5 nitrogen and oxygen atoms in total. The summed E-state index contributed by atoms with van der Waals surface area (Å²) in [6.45, 7) is 0.926. The molecule has 0 saturated carbocycles. The van der Waals surface area contributed by atoms with Crippen LogP contribution >= 0.6 is 0 Å². The number of aromatic nitrogens is 1. The summed E-state index contributed by atoms with van der Waals surface area (Å²) in [4.78, 5) is 25.2. The first-order valence-electron chi connectivity index (χ1n) is 7.40. The molecule has 1 fully saturated rings. The van der Waals surface area contributed by atoms with Crippen molar-refractivity contribution < 1.29 is 14.7 Å². The van der Waals surface area contributed by atoms with Gasteiger partial charge < -0.3 is 14.6 Å². The van der Waals surface area contributed by atoms with Crippen LogP contribution in [-0.2, 0) is 4.79 Å². The number of amides is 1. The van der Waals surface area contributed by atoms with Gasteiger partial charge in [-0.1, -0.05) is 0 Å². The molecule has 1 atom stereocenters. The van der Waals surface area contributed by atoms with Crippen LogP contribution in [0.3, 0.4) is 0 Å². The van der Waals surface area contributed by atoms with E-state index in [1.165, 1.54) is 0 Å². The zero-order chi connectivity index (χ0) is 15.5. The standard InChI is InChI=1S/C17H18N2O3/c20-16(19-11-3-4-14(12-19)17(21)22)13-5-7-15(8-6-13)18-9-1-2-10-18/h1-2,5-10,14H,3-4,11-12H2,(H,21,22)/t14-/m0/s1. The normalized spacial score (nSPS) is 18.2. The van der Waals surface area contributed by atoms with E-state index in [1.807, 2.05) is 41.2 Å². The number of carbonyl (C=O) groups excluding carboxylic acids is 1. The Bertz CT molecular complexity index is 662. The SMILES string of the molecule is O=C(O)[C@H]1CCCN(C(=O)c2ccc(-n3cccc3)cc2)C1. The summed E-state index contributed by atoms with van der Waals surface area (Å²) in [5.41, 5.74) is 1.59. The van der Waals surface area contributed by atoms with E-state index in [0.29, 0.717) is 25.1 Å². The largest absolute Gasteiger partial charge is 0.481 e. The van der Waals surface area contributed by atoms with Gasteiger partial charge in [-0.25, -0.2) is 0 Å². The molecule has 1 saturated heterocycles. The number of carboxylic acids is 1. The highest BCUT2D eigenvalue weighted by Crippen LogP contribution is 2.19. The minimum atomic E-state index is -0.819. The van der Waals surface area contributed by atoms with Gasteiger partial charge in [0, 0.05) is 36.7 Å². The average Bonchev–Trinajstić information content (AvgIpc) is 3.09. The lowest BCUT2D eigenvalue weighted by molar-refractivity contribution is -0.143. The zero-order valence-electron chi connectivity index (χ0n) is 12.2. The van der Waals surface area contributed by atoms with Gasteiger partial charge in [-0.05, 0) is 49.2 Å². The van der Waals surface area contributed by atoms with E-state index in [9.17, 15) is 9.59 Å². The molecular formula is C17H18N2O3. The van der Waals surface area contributed by atoms with Crippen LogP contribution in [0.15, 0.2) is 48.8 Å². The molecule has 1 aliphatic heterocycles. The molecule has 114 valence electrons. The number of hydrogen-bond donors (Lipinski definition) is 1. The van der Waals surface area contributed by atoms with Crippen LogP contribution in [0, 0.1) is 5.92 Å². The number of nitrogens with zero attached hydrogens (tertiary/aromatic N) is 2. The second-order valence-corrected chi connectivity index (χ2v) is 5.57. The predicted octanol–water partition coefficient (Wildman–Crippen LogP) is 2.41. The molecule has 3 rings (SSSR count). The highest BCUT2D eigenvalue weighted by atomic mass is 16.4. The Labute approximate surface area is 128 Å². The summed E-state index contributed by atoms with van der Waals surface area (Å²) in [6, 6.07) is 11.3. The van der Waals surface area contributed by atoms with E-state index in [1.54, 1.807) is 17.0 Å². The summed E-state index contributed by atoms with van der Waals surface area (Å²) < 4.78 is 1.97. The third-order valence-electron chi connectivity index (χ3n) is 4.07. The van der Waals surface area contributed by atoms with E-state index in [2.05, 4.69) is 0 Å². The fourth-order valence-corrected chi connectivity index (χ4v) is 2.83. The third-order valence-corrected chi connectivity index (χ3v) is 4.07. The second-order valence-electron chi connectivity index (χ2n) is 5.57. The Morgan fingerprint density at radius 3 is 2.41 bits per heavy atom. The van der Waals surface area contributed by atoms with Gasteiger partial charge in [-0.2, -0.15) is 0 Å². The lowest BCUT2D eigenvalue weighted by atomic mass is 9.97. The molecule has 1 aromatic heterocycles. The van der Waals surface area contributed by atoms with Crippen LogP contribution in [-0.4, -0.2) is 39.5 Å². The first-order chi connectivity index (χ1) is 10.6. The molecule has 1 N–H and O–H groups in total. The van der Waals surface area contributed by atoms with Crippen LogP contribution < -0.4 is 0 Å². The van der Waals surface area contributed by atoms with Crippen molar-refractivity contribution in [3.8, 4) is 5.69 Å². The lowest BCUT2D eigenvalue weighted by Gasteiger charge is -2.30. The van der Waals surface area contributed by atoms with E-state index < -0.39 is 11.9 Å². The fourth-order valence-electron chi connectivity index (χ4n) is 2.83. The quantitative estimate of drug-likeness (QED) is 0.946. The van der Waals surface area contributed by atoms with Crippen molar-refractivity contribution in [1.29, 1.82) is 0 Å². The smallest absolute Gasteiger partial charge is 0.308 e. The van der Waals surface area contributed by atoms with Crippen molar-refractivity contribution in [2.75, 3.05) is 13.1 Å². The molecule has 2 aromatic rings. The lowest BCUT2D eigenvalue weighted by Crippen LogP contribution is -2.42. The van der Waals surface area contributed by atoms with Crippen molar-refractivity contribution in [1.82, 2.24) is 9.47 Å². The Hall–Kier alpha value is -2.56. The molecule has 0 radical (unpaired) electrons. The highest BCUT2D eigenvalue weighted by Gasteiger charge is 2.28. The molecule has 0 aliphatic carbocycles. The number of carbonyl (C=O) groups is 2. The number of benzene rings is 1. The number of piperidine rings is 1. The van der Waals surface area contributed by atoms with Gasteiger partial charge >= 0.3 is 5.97 Å². The van der Waals surface area contributed by atoms with Crippen molar-refractivity contribution in [3.05, 3.63) is 54.4 Å². The van der Waals surface area contributed by atoms with Gasteiger partial charge in [0.25, 0.3) is 5.91 Å². The van der Waals surface area contributed by atoms with E-state index in [4.69, 9.17) is 5.11 Å². The molecular weight excluding hydrogens is 280 g/mol. The molecule has 2 heterocycles. The first-order valence-corrected chi connectivity index (χ1v) is 7.40. The van der Waals surface area contributed by atoms with Crippen LogP contribution in [0.1, 0.15) is 23.2 Å². The van der Waals surface area contributed by atoms with Crippen LogP contribution in [0.5, 0.6) is 0 Å². The molecule has 5 heteroatoms. The highest BCUT2D eigenvalue weighted by molar-refractivity contribution is 5.94. The Morgan fingerprint density at radius 1 is 1.09 bits per heavy atom. The summed E-state index contributed by atoms with van der Waals surface area (Å²) in [6.07, 6.45) is 5.27. The third kappa shape index (κ3) is 2.88. The first kappa shape index (κ1) is 14.4. The van der Waals surface area contributed by atoms with Crippen molar-refractivity contribution in [2.24, 2.45) is 5.92 Å². The van der Waals surface area contributed by atoms with Gasteiger partial charge in [0.1, 0.15) is 0 Å². The monoisotopic (exact) mass is 298 g/mol.